The number of thiazole rings is 1. The molecule has 66 heavy (non-hydrogen) atoms. The van der Waals surface area contributed by atoms with E-state index in [1.54, 1.807) is 39.0 Å². The molecule has 2 saturated heterocycles. The highest BCUT2D eigenvalue weighted by atomic mass is 32.1. The monoisotopic (exact) mass is 931 g/mol. The van der Waals surface area contributed by atoms with Crippen molar-refractivity contribution >= 4 is 62.9 Å². The zero-order valence-corrected chi connectivity index (χ0v) is 38.7. The lowest BCUT2D eigenvalue weighted by Crippen LogP contribution is -2.42. The number of unbranched alkanes of at least 4 members (excludes halogenated alkanes) is 2. The topological polar surface area (TPSA) is 231 Å². The van der Waals surface area contributed by atoms with Crippen LogP contribution in [0.25, 0.3) is 10.2 Å². The number of ether oxygens (including phenoxy) is 5. The van der Waals surface area contributed by atoms with Crippen molar-refractivity contribution in [2.24, 2.45) is 17.3 Å². The zero-order chi connectivity index (χ0) is 48.0. The van der Waals surface area contributed by atoms with Crippen molar-refractivity contribution in [2.45, 2.75) is 135 Å². The summed E-state index contributed by atoms with van der Waals surface area (Å²) in [6.07, 6.45) is 3.76. The van der Waals surface area contributed by atoms with Crippen molar-refractivity contribution < 1.29 is 62.5 Å². The number of allylic oxidation sites excluding steroid dienone is 1. The smallest absolute Gasteiger partial charge is 0.457 e. The first kappa shape index (κ1) is 49.6. The number of nitrogens with zero attached hydrogens (tertiary/aromatic N) is 3. The van der Waals surface area contributed by atoms with E-state index in [2.05, 4.69) is 11.6 Å². The zero-order valence-electron chi connectivity index (χ0n) is 37.9. The van der Waals surface area contributed by atoms with Crippen LogP contribution in [-0.2, 0) is 49.5 Å². The molecule has 0 radical (unpaired) electrons. The van der Waals surface area contributed by atoms with Crippen molar-refractivity contribution in [1.82, 2.24) is 9.88 Å². The summed E-state index contributed by atoms with van der Waals surface area (Å²) >= 11 is 1.49. The Kier molecular flexibility index (Phi) is 15.6. The molecule has 6 atom stereocenters. The molecule has 0 bridgehead atoms. The molecule has 6 rings (SSSR count). The van der Waals surface area contributed by atoms with E-state index in [0.29, 0.717) is 62.4 Å². The molecule has 2 fully saturated rings. The minimum absolute atomic E-state index is 0.0632. The van der Waals surface area contributed by atoms with Gasteiger partial charge in [0.25, 0.3) is 17.6 Å². The number of esters is 2. The quantitative estimate of drug-likeness (QED) is 0.0233. The third-order valence-electron chi connectivity index (χ3n) is 12.7. The summed E-state index contributed by atoms with van der Waals surface area (Å²) in [6, 6.07) is 9.16. The van der Waals surface area contributed by atoms with Gasteiger partial charge in [-0.25, -0.2) is 9.78 Å². The van der Waals surface area contributed by atoms with Gasteiger partial charge in [0, 0.05) is 37.1 Å². The summed E-state index contributed by atoms with van der Waals surface area (Å²) in [6.45, 7) is 12.6. The average molecular weight is 932 g/mol. The Morgan fingerprint density at radius 2 is 1.82 bits per heavy atom. The highest BCUT2D eigenvalue weighted by Gasteiger charge is 2.71. The van der Waals surface area contributed by atoms with Gasteiger partial charge in [-0.15, -0.1) is 17.9 Å². The standard InChI is InChI=1S/C48H57N3O14S/c1-7-12-33-23-29(2)13-11-21-47(6)48(65-47,27-37(32-16-18-38-34(25-32)49-30(3)66-38)63-43(56)26-39(52)46(4,5)44(33)57)64-45(58)61-28-31-15-17-36(35(24-31)51(59)60)62-42(55)14-9-8-10-22-50-40(53)19-20-41(50)54/h7,15-20,24-25,29,33,37,39,52H,1,8-14,21-23,26-28H2,2-6H3. The van der Waals surface area contributed by atoms with Crippen molar-refractivity contribution in [3.8, 4) is 5.75 Å². The number of fused-ring (bicyclic) bond motifs is 2. The van der Waals surface area contributed by atoms with Crippen molar-refractivity contribution in [2.75, 3.05) is 6.54 Å². The number of carbonyl (C=O) groups is 6. The molecule has 4 heterocycles. The van der Waals surface area contributed by atoms with Gasteiger partial charge in [0.2, 0.25) is 5.75 Å². The molecule has 1 aromatic heterocycles. The third kappa shape index (κ3) is 11.7. The normalized spacial score (nSPS) is 25.8. The van der Waals surface area contributed by atoms with Crippen LogP contribution in [0.1, 0.15) is 121 Å². The highest BCUT2D eigenvalue weighted by Crippen LogP contribution is 2.57. The molecular formula is C48H57N3O14S. The first-order chi connectivity index (χ1) is 31.2. The molecule has 6 unspecified atom stereocenters. The summed E-state index contributed by atoms with van der Waals surface area (Å²) in [5, 5.41) is 24.3. The number of benzene rings is 2. The summed E-state index contributed by atoms with van der Waals surface area (Å²) in [4.78, 5) is 94.4. The van der Waals surface area contributed by atoms with E-state index >= 15 is 0 Å². The van der Waals surface area contributed by atoms with Gasteiger partial charge >= 0.3 is 23.8 Å². The molecule has 2 aromatic carbocycles. The van der Waals surface area contributed by atoms with Gasteiger partial charge in [-0.1, -0.05) is 58.2 Å². The fourth-order valence-electron chi connectivity index (χ4n) is 8.68. The lowest BCUT2D eigenvalue weighted by molar-refractivity contribution is -0.385. The predicted octanol–water partition coefficient (Wildman–Crippen LogP) is 8.47. The maximum absolute atomic E-state index is 13.9. The number of aliphatic hydroxyl groups excluding tert-OH is 1. The maximum atomic E-state index is 13.9. The second-order valence-electron chi connectivity index (χ2n) is 18.1. The first-order valence-electron chi connectivity index (χ1n) is 22.2. The third-order valence-corrected chi connectivity index (χ3v) is 13.6. The van der Waals surface area contributed by atoms with E-state index < -0.39 is 76.7 Å². The van der Waals surface area contributed by atoms with Crippen LogP contribution in [0.5, 0.6) is 5.75 Å². The number of cyclic esters (lactones) is 1. The predicted molar refractivity (Wildman–Crippen MR) is 240 cm³/mol. The number of rotatable bonds is 14. The van der Waals surface area contributed by atoms with Crippen molar-refractivity contribution in [1.29, 1.82) is 0 Å². The van der Waals surface area contributed by atoms with E-state index in [4.69, 9.17) is 23.7 Å². The lowest BCUT2D eigenvalue weighted by Gasteiger charge is -2.33. The number of hydrogen-bond donors (Lipinski definition) is 1. The molecule has 0 saturated carbocycles. The fraction of sp³-hybridized carbons (Fsp3) is 0.521. The molecule has 3 aliphatic heterocycles. The molecule has 17 nitrogen and oxygen atoms in total. The number of aromatic nitrogens is 1. The Morgan fingerprint density at radius 1 is 1.08 bits per heavy atom. The van der Waals surface area contributed by atoms with Crippen LogP contribution in [-0.4, -0.2) is 79.6 Å². The molecule has 1 N–H and O–H groups in total. The number of imide groups is 1. The molecule has 0 spiro atoms. The Hall–Kier alpha value is -5.85. The highest BCUT2D eigenvalue weighted by molar-refractivity contribution is 7.18. The van der Waals surface area contributed by atoms with Gasteiger partial charge in [-0.3, -0.25) is 39.0 Å². The van der Waals surface area contributed by atoms with E-state index in [-0.39, 0.29) is 54.2 Å². The molecule has 3 aliphatic rings. The van der Waals surface area contributed by atoms with Crippen LogP contribution in [0.3, 0.4) is 0 Å². The van der Waals surface area contributed by atoms with E-state index in [1.807, 2.05) is 19.9 Å². The number of Topliss-reactive ketones (excluding diaryl/α,β-unsaturated/α-hetero) is 1. The SMILES string of the molecule is C=CCC1CC(C)CCCC2(C)OC2(OC(=O)OCc2ccc(OC(=O)CCCCCN3C(=O)C=CC3=O)c([N+](=O)[O-])c2)CC(c2ccc3sc(C)nc3c2)OC(=O)CC(O)C(C)(C)C1=O. The van der Waals surface area contributed by atoms with Crippen LogP contribution in [0.2, 0.25) is 0 Å². The lowest BCUT2D eigenvalue weighted by atomic mass is 9.72. The Morgan fingerprint density at radius 3 is 2.53 bits per heavy atom. The van der Waals surface area contributed by atoms with Crippen LogP contribution in [0.4, 0.5) is 10.5 Å². The van der Waals surface area contributed by atoms with E-state index in [1.165, 1.54) is 35.6 Å². The van der Waals surface area contributed by atoms with Crippen molar-refractivity contribution in [3.63, 3.8) is 0 Å². The molecule has 2 amide bonds. The van der Waals surface area contributed by atoms with Crippen LogP contribution < -0.4 is 4.74 Å². The minimum Gasteiger partial charge on any atom is -0.457 e. The Labute approximate surface area is 386 Å². The van der Waals surface area contributed by atoms with Gasteiger partial charge in [0.1, 0.15) is 24.1 Å². The van der Waals surface area contributed by atoms with Gasteiger partial charge in [-0.05, 0) is 81.2 Å². The van der Waals surface area contributed by atoms with Gasteiger partial charge in [-0.2, -0.15) is 0 Å². The Balaban J connectivity index is 1.16. The summed E-state index contributed by atoms with van der Waals surface area (Å²) in [5.41, 5.74) is -1.51. The van der Waals surface area contributed by atoms with Gasteiger partial charge in [0.15, 0.2) is 0 Å². The molecule has 0 aliphatic carbocycles. The number of nitro benzene ring substituents is 1. The van der Waals surface area contributed by atoms with E-state index in [0.717, 1.165) is 20.7 Å². The Bertz CT molecular complexity index is 2390. The second kappa shape index (κ2) is 20.8. The molecule has 354 valence electrons. The van der Waals surface area contributed by atoms with Crippen LogP contribution in [0.15, 0.2) is 61.2 Å². The van der Waals surface area contributed by atoms with Gasteiger partial charge in [0.05, 0.1) is 44.5 Å². The second-order valence-corrected chi connectivity index (χ2v) is 19.4. The van der Waals surface area contributed by atoms with Crippen LogP contribution in [0, 0.1) is 34.3 Å². The number of aryl methyl sites for hydroxylation is 1. The number of hydrogen-bond acceptors (Lipinski definition) is 16. The summed E-state index contributed by atoms with van der Waals surface area (Å²) in [7, 11) is 0. The number of ketones is 1. The average Bonchev–Trinajstić information content (AvgIpc) is 3.44. The van der Waals surface area contributed by atoms with E-state index in [9.17, 15) is 44.0 Å². The minimum atomic E-state index is -1.66. The van der Waals surface area contributed by atoms with Gasteiger partial charge < -0.3 is 28.8 Å². The number of epoxide rings is 1. The molecule has 18 heteroatoms. The molecule has 3 aromatic rings. The van der Waals surface area contributed by atoms with Crippen LogP contribution >= 0.6 is 11.3 Å². The molecular weight excluding hydrogens is 875 g/mol. The largest absolute Gasteiger partial charge is 0.511 e. The fourth-order valence-corrected chi connectivity index (χ4v) is 9.49. The number of nitro groups is 1. The van der Waals surface area contributed by atoms with Crippen molar-refractivity contribution in [3.05, 3.63) is 87.5 Å². The number of aliphatic hydroxyl groups is 1. The summed E-state index contributed by atoms with van der Waals surface area (Å²) in [5.74, 6) is -4.75. The number of amides is 2. The number of carbonyl (C=O) groups excluding carboxylic acids is 6. The summed E-state index contributed by atoms with van der Waals surface area (Å²) < 4.78 is 30.2. The first-order valence-corrected chi connectivity index (χ1v) is 23.0. The maximum Gasteiger partial charge on any atom is 0.511 e.